The van der Waals surface area contributed by atoms with Crippen LogP contribution in [0.1, 0.15) is 50.5 Å². The van der Waals surface area contributed by atoms with Gasteiger partial charge in [0.1, 0.15) is 0 Å². The molecule has 1 saturated heterocycles. The predicted octanol–water partition coefficient (Wildman–Crippen LogP) is 3.75. The van der Waals surface area contributed by atoms with Crippen LogP contribution in [0.4, 0.5) is 4.79 Å². The van der Waals surface area contributed by atoms with Gasteiger partial charge in [-0.25, -0.2) is 10.3 Å². The Hall–Kier alpha value is -2.45. The minimum atomic E-state index is -0.160. The monoisotopic (exact) mass is 468 g/mol. The Bertz CT molecular complexity index is 875. The molecule has 4 rings (SSSR count). The lowest BCUT2D eigenvalue weighted by Gasteiger charge is -2.51. The van der Waals surface area contributed by atoms with Crippen molar-refractivity contribution >= 4 is 6.03 Å². The van der Waals surface area contributed by atoms with E-state index in [1.165, 1.54) is 24.8 Å². The average Bonchev–Trinajstić information content (AvgIpc) is 3.06. The zero-order valence-electron chi connectivity index (χ0n) is 20.7. The highest BCUT2D eigenvalue weighted by molar-refractivity contribution is 5.78. The summed E-state index contributed by atoms with van der Waals surface area (Å²) in [6.07, 6.45) is 9.29. The highest BCUT2D eigenvalue weighted by Crippen LogP contribution is 2.49. The Balaban J connectivity index is 1.55. The molecule has 2 aliphatic carbocycles. The molecule has 3 N–H and O–H groups in total. The lowest BCUT2D eigenvalue weighted by molar-refractivity contribution is 0.0160. The SMILES string of the molecule is CN(C)[C@]1(c2ccccc2)CC[C@]2(CC1)CN(C/C(=C/NCCO)N=N)C(=O)N2CC1CCC1. The van der Waals surface area contributed by atoms with E-state index < -0.39 is 0 Å². The molecular weight excluding hydrogens is 428 g/mol. The van der Waals surface area contributed by atoms with Crippen molar-refractivity contribution in [3.05, 3.63) is 47.8 Å². The van der Waals surface area contributed by atoms with Gasteiger partial charge in [0.05, 0.1) is 24.4 Å². The molecule has 1 aromatic rings. The van der Waals surface area contributed by atoms with Crippen LogP contribution >= 0.6 is 0 Å². The number of rotatable bonds is 10. The van der Waals surface area contributed by atoms with Crippen LogP contribution < -0.4 is 5.32 Å². The molecule has 1 aromatic carbocycles. The van der Waals surface area contributed by atoms with Crippen molar-refractivity contribution in [3.63, 3.8) is 0 Å². The smallest absolute Gasteiger partial charge is 0.320 e. The van der Waals surface area contributed by atoms with Crippen LogP contribution in [-0.4, -0.2) is 78.3 Å². The molecule has 8 heteroatoms. The molecule has 2 amide bonds. The van der Waals surface area contributed by atoms with Crippen molar-refractivity contribution in [2.75, 3.05) is 46.9 Å². The van der Waals surface area contributed by atoms with E-state index in [1.807, 2.05) is 4.90 Å². The van der Waals surface area contributed by atoms with Crippen LogP contribution in [0.15, 0.2) is 47.3 Å². The van der Waals surface area contributed by atoms with Crippen LogP contribution in [0.3, 0.4) is 0 Å². The molecule has 34 heavy (non-hydrogen) atoms. The lowest BCUT2D eigenvalue weighted by atomic mass is 9.68. The number of amides is 2. The largest absolute Gasteiger partial charge is 0.395 e. The van der Waals surface area contributed by atoms with E-state index in [2.05, 4.69) is 64.7 Å². The minimum Gasteiger partial charge on any atom is -0.395 e. The molecule has 0 radical (unpaired) electrons. The summed E-state index contributed by atoms with van der Waals surface area (Å²) in [5, 5.41) is 15.6. The van der Waals surface area contributed by atoms with E-state index >= 15 is 0 Å². The van der Waals surface area contributed by atoms with Crippen molar-refractivity contribution in [1.82, 2.24) is 20.0 Å². The normalized spacial score (nSPS) is 28.0. The predicted molar refractivity (Wildman–Crippen MR) is 132 cm³/mol. The first-order valence-electron chi connectivity index (χ1n) is 12.6. The van der Waals surface area contributed by atoms with Crippen molar-refractivity contribution < 1.29 is 9.90 Å². The number of nitrogens with one attached hydrogen (secondary N) is 2. The van der Waals surface area contributed by atoms with Gasteiger partial charge in [-0.05, 0) is 64.1 Å². The molecule has 3 aliphatic rings. The van der Waals surface area contributed by atoms with Crippen LogP contribution in [0, 0.1) is 11.4 Å². The van der Waals surface area contributed by atoms with Gasteiger partial charge in [0, 0.05) is 31.4 Å². The molecule has 1 spiro atoms. The van der Waals surface area contributed by atoms with E-state index in [1.54, 1.807) is 6.20 Å². The van der Waals surface area contributed by atoms with E-state index in [0.717, 1.165) is 32.2 Å². The highest BCUT2D eigenvalue weighted by Gasteiger charge is 2.54. The fourth-order valence-corrected chi connectivity index (χ4v) is 6.07. The number of hydrogen-bond donors (Lipinski definition) is 3. The molecular formula is C26H40N6O2. The Morgan fingerprint density at radius 2 is 1.94 bits per heavy atom. The van der Waals surface area contributed by atoms with Gasteiger partial charge in [-0.1, -0.05) is 36.8 Å². The van der Waals surface area contributed by atoms with E-state index in [0.29, 0.717) is 31.2 Å². The van der Waals surface area contributed by atoms with Crippen molar-refractivity contribution in [1.29, 1.82) is 5.53 Å². The first kappa shape index (κ1) is 24.7. The number of nitrogens with zero attached hydrogens (tertiary/aromatic N) is 4. The fourth-order valence-electron chi connectivity index (χ4n) is 6.07. The molecule has 1 aliphatic heterocycles. The Morgan fingerprint density at radius 3 is 2.50 bits per heavy atom. The first-order valence-corrected chi connectivity index (χ1v) is 12.6. The van der Waals surface area contributed by atoms with Gasteiger partial charge >= 0.3 is 6.03 Å². The Labute approximate surface area is 203 Å². The number of aliphatic hydroxyl groups excluding tert-OH is 1. The number of benzene rings is 1. The molecule has 8 nitrogen and oxygen atoms in total. The molecule has 0 unspecified atom stereocenters. The third kappa shape index (κ3) is 4.70. The summed E-state index contributed by atoms with van der Waals surface area (Å²) in [4.78, 5) is 20.1. The number of carbonyl (C=O) groups is 1. The fraction of sp³-hybridized carbons (Fsp3) is 0.654. The van der Waals surface area contributed by atoms with Gasteiger partial charge in [0.25, 0.3) is 0 Å². The molecule has 1 heterocycles. The zero-order chi connectivity index (χ0) is 24.2. The summed E-state index contributed by atoms with van der Waals surface area (Å²) >= 11 is 0. The molecule has 0 aromatic heterocycles. The second-order valence-electron chi connectivity index (χ2n) is 10.5. The third-order valence-electron chi connectivity index (χ3n) is 8.42. The van der Waals surface area contributed by atoms with Crippen molar-refractivity contribution in [2.24, 2.45) is 11.0 Å². The summed E-state index contributed by atoms with van der Waals surface area (Å²) in [5.74, 6) is 0.609. The molecule has 186 valence electrons. The summed E-state index contributed by atoms with van der Waals surface area (Å²) in [5.41, 5.74) is 9.24. The first-order chi connectivity index (χ1) is 16.4. The van der Waals surface area contributed by atoms with Gasteiger partial charge < -0.3 is 20.2 Å². The Morgan fingerprint density at radius 1 is 1.24 bits per heavy atom. The maximum absolute atomic E-state index is 13.7. The van der Waals surface area contributed by atoms with Gasteiger partial charge in [-0.15, -0.1) is 0 Å². The molecule has 3 fully saturated rings. The van der Waals surface area contributed by atoms with Crippen molar-refractivity contribution in [2.45, 2.75) is 56.0 Å². The second-order valence-corrected chi connectivity index (χ2v) is 10.5. The van der Waals surface area contributed by atoms with Gasteiger partial charge in [0.15, 0.2) is 0 Å². The summed E-state index contributed by atoms with van der Waals surface area (Å²) in [6.45, 7) is 2.26. The second kappa shape index (κ2) is 10.4. The summed E-state index contributed by atoms with van der Waals surface area (Å²) < 4.78 is 0. The quantitative estimate of drug-likeness (QED) is 0.360. The lowest BCUT2D eigenvalue weighted by Crippen LogP contribution is -2.56. The van der Waals surface area contributed by atoms with Crippen LogP contribution in [-0.2, 0) is 5.54 Å². The van der Waals surface area contributed by atoms with Gasteiger partial charge in [-0.3, -0.25) is 4.90 Å². The summed E-state index contributed by atoms with van der Waals surface area (Å²) in [6, 6.07) is 10.9. The summed E-state index contributed by atoms with van der Waals surface area (Å²) in [7, 11) is 4.35. The number of urea groups is 1. The Kier molecular flexibility index (Phi) is 7.57. The van der Waals surface area contributed by atoms with E-state index in [9.17, 15) is 4.79 Å². The maximum Gasteiger partial charge on any atom is 0.320 e. The highest BCUT2D eigenvalue weighted by atomic mass is 16.3. The van der Waals surface area contributed by atoms with Crippen LogP contribution in [0.2, 0.25) is 0 Å². The van der Waals surface area contributed by atoms with Gasteiger partial charge in [-0.2, -0.15) is 5.11 Å². The average molecular weight is 469 g/mol. The standard InChI is InChI=1S/C26H40N6O2/c1-30(2)26(22-9-4-3-5-10-22)13-11-25(12-14-26)20-31(19-23(29-27)17-28-15-16-33)24(34)32(25)18-21-7-6-8-21/h3-5,9-10,17,21,27-28,33H,6-8,11-16,18-20H2,1-2H3/b23-17-,29-27?/t25-,26+. The third-order valence-corrected chi connectivity index (χ3v) is 8.42. The minimum absolute atomic E-state index is 0.0116. The zero-order valence-corrected chi connectivity index (χ0v) is 20.7. The number of carbonyl (C=O) groups excluding carboxylic acids is 1. The number of hydrogen-bond acceptors (Lipinski definition) is 6. The van der Waals surface area contributed by atoms with E-state index in [4.69, 9.17) is 10.6 Å². The van der Waals surface area contributed by atoms with Crippen LogP contribution in [0.25, 0.3) is 0 Å². The van der Waals surface area contributed by atoms with E-state index in [-0.39, 0.29) is 23.7 Å². The molecule has 0 atom stereocenters. The van der Waals surface area contributed by atoms with Crippen LogP contribution in [0.5, 0.6) is 0 Å². The topological polar surface area (TPSA) is 95.3 Å². The van der Waals surface area contributed by atoms with Crippen molar-refractivity contribution in [3.8, 4) is 0 Å². The maximum atomic E-state index is 13.7. The van der Waals surface area contributed by atoms with Gasteiger partial charge in [0.2, 0.25) is 0 Å². The molecule has 2 saturated carbocycles. The number of aliphatic hydroxyl groups is 1. The molecule has 0 bridgehead atoms.